The van der Waals surface area contributed by atoms with E-state index in [0.717, 1.165) is 32.1 Å². The third-order valence-electron chi connectivity index (χ3n) is 6.51. The number of fused-ring (bicyclic) bond motifs is 1. The molecule has 3 atom stereocenters. The second kappa shape index (κ2) is 4.21. The fourth-order valence-corrected chi connectivity index (χ4v) is 4.60. The van der Waals surface area contributed by atoms with E-state index >= 15 is 0 Å². The highest BCUT2D eigenvalue weighted by Crippen LogP contribution is 2.57. The van der Waals surface area contributed by atoms with Crippen molar-refractivity contribution in [2.45, 2.75) is 70.8 Å². The maximum atomic E-state index is 11.9. The molecule has 3 nitrogen and oxygen atoms in total. The topological polar surface area (TPSA) is 46.5 Å². The quantitative estimate of drug-likeness (QED) is 0.742. The lowest BCUT2D eigenvalue weighted by atomic mass is 9.54. The van der Waals surface area contributed by atoms with Crippen molar-refractivity contribution < 1.29 is 14.6 Å². The van der Waals surface area contributed by atoms with Crippen molar-refractivity contribution >= 4 is 5.97 Å². The predicted molar refractivity (Wildman–Crippen MR) is 72.5 cm³/mol. The third-order valence-corrected chi connectivity index (χ3v) is 6.51. The molecule has 0 unspecified atom stereocenters. The van der Waals surface area contributed by atoms with Gasteiger partial charge in [0.1, 0.15) is 0 Å². The van der Waals surface area contributed by atoms with E-state index < -0.39 is 5.60 Å². The van der Waals surface area contributed by atoms with Crippen LogP contribution in [-0.4, -0.2) is 23.3 Å². The Morgan fingerprint density at radius 1 is 1.11 bits per heavy atom. The Labute approximate surface area is 115 Å². The van der Waals surface area contributed by atoms with Crippen LogP contribution in [0.5, 0.6) is 0 Å². The summed E-state index contributed by atoms with van der Waals surface area (Å²) >= 11 is 0. The molecule has 108 valence electrons. The average Bonchev–Trinajstić information content (AvgIpc) is 2.67. The van der Waals surface area contributed by atoms with Crippen molar-refractivity contribution in [1.29, 1.82) is 0 Å². The Kier molecular flexibility index (Phi) is 2.97. The summed E-state index contributed by atoms with van der Waals surface area (Å²) in [4.78, 5) is 11.9. The lowest BCUT2D eigenvalue weighted by Gasteiger charge is -2.53. The normalized spacial score (nSPS) is 45.6. The number of hydrogen-bond acceptors (Lipinski definition) is 3. The van der Waals surface area contributed by atoms with Crippen molar-refractivity contribution in [3.8, 4) is 0 Å². The lowest BCUT2D eigenvalue weighted by Crippen LogP contribution is -2.54. The number of cyclic esters (lactones) is 1. The zero-order valence-electron chi connectivity index (χ0n) is 12.2. The van der Waals surface area contributed by atoms with Gasteiger partial charge in [-0.3, -0.25) is 4.79 Å². The fraction of sp³-hybridized carbons (Fsp3) is 0.938. The van der Waals surface area contributed by atoms with Crippen LogP contribution < -0.4 is 0 Å². The smallest absolute Gasteiger partial charge is 0.312 e. The third kappa shape index (κ3) is 1.84. The van der Waals surface area contributed by atoms with Crippen molar-refractivity contribution in [3.05, 3.63) is 0 Å². The van der Waals surface area contributed by atoms with Gasteiger partial charge in [0.15, 0.2) is 0 Å². The molecule has 0 amide bonds. The van der Waals surface area contributed by atoms with Crippen LogP contribution in [0.4, 0.5) is 0 Å². The molecule has 2 aliphatic carbocycles. The van der Waals surface area contributed by atoms with Gasteiger partial charge in [-0.2, -0.15) is 0 Å². The first-order valence-corrected chi connectivity index (χ1v) is 7.79. The Morgan fingerprint density at radius 3 is 2.47 bits per heavy atom. The maximum Gasteiger partial charge on any atom is 0.312 e. The van der Waals surface area contributed by atoms with Gasteiger partial charge in [-0.25, -0.2) is 0 Å². The molecule has 0 bridgehead atoms. The van der Waals surface area contributed by atoms with Crippen LogP contribution in [0.2, 0.25) is 0 Å². The highest BCUT2D eigenvalue weighted by atomic mass is 16.5. The molecule has 1 aliphatic heterocycles. The van der Waals surface area contributed by atoms with E-state index in [-0.39, 0.29) is 22.7 Å². The van der Waals surface area contributed by atoms with E-state index in [1.165, 1.54) is 19.3 Å². The van der Waals surface area contributed by atoms with Crippen molar-refractivity contribution in [1.82, 2.24) is 0 Å². The predicted octanol–water partition coefficient (Wildman–Crippen LogP) is 3.05. The highest BCUT2D eigenvalue weighted by Gasteiger charge is 2.59. The monoisotopic (exact) mass is 266 g/mol. The number of rotatable bonds is 1. The van der Waals surface area contributed by atoms with Gasteiger partial charge in [-0.1, -0.05) is 26.2 Å². The number of esters is 1. The molecule has 3 aliphatic rings. The molecule has 0 radical (unpaired) electrons. The molecule has 3 rings (SSSR count). The van der Waals surface area contributed by atoms with Crippen LogP contribution in [0.1, 0.15) is 65.2 Å². The Balaban J connectivity index is 1.82. The summed E-state index contributed by atoms with van der Waals surface area (Å²) < 4.78 is 5.27. The van der Waals surface area contributed by atoms with Gasteiger partial charge in [0, 0.05) is 5.92 Å². The largest absolute Gasteiger partial charge is 0.465 e. The van der Waals surface area contributed by atoms with Crippen LogP contribution in [0.25, 0.3) is 0 Å². The van der Waals surface area contributed by atoms with Crippen molar-refractivity contribution in [3.63, 3.8) is 0 Å². The second-order valence-corrected chi connectivity index (χ2v) is 7.57. The summed E-state index contributed by atoms with van der Waals surface area (Å²) in [5.41, 5.74) is -0.888. The lowest BCUT2D eigenvalue weighted by molar-refractivity contribution is -0.158. The number of aliphatic hydroxyl groups is 1. The molecule has 1 saturated heterocycles. The van der Waals surface area contributed by atoms with Crippen molar-refractivity contribution in [2.75, 3.05) is 6.61 Å². The van der Waals surface area contributed by atoms with Crippen molar-refractivity contribution in [2.24, 2.45) is 16.7 Å². The molecule has 0 aromatic rings. The van der Waals surface area contributed by atoms with E-state index in [1.807, 2.05) is 6.92 Å². The summed E-state index contributed by atoms with van der Waals surface area (Å²) in [6, 6.07) is 0. The first kappa shape index (κ1) is 13.4. The van der Waals surface area contributed by atoms with Gasteiger partial charge in [0.05, 0.1) is 17.6 Å². The SMILES string of the molecule is CC1([C@@]2(O)CC[C@@]3(C)C(=O)OC[C@H]3C2)CCCCC1. The first-order chi connectivity index (χ1) is 8.90. The van der Waals surface area contributed by atoms with Crippen LogP contribution in [0.15, 0.2) is 0 Å². The second-order valence-electron chi connectivity index (χ2n) is 7.57. The van der Waals surface area contributed by atoms with Gasteiger partial charge < -0.3 is 9.84 Å². The molecular weight excluding hydrogens is 240 g/mol. The first-order valence-electron chi connectivity index (χ1n) is 7.79. The van der Waals surface area contributed by atoms with Crippen LogP contribution in [0.3, 0.4) is 0 Å². The minimum absolute atomic E-state index is 0.0399. The van der Waals surface area contributed by atoms with E-state index in [2.05, 4.69) is 6.92 Å². The molecule has 19 heavy (non-hydrogen) atoms. The Hall–Kier alpha value is -0.570. The summed E-state index contributed by atoms with van der Waals surface area (Å²) in [5.74, 6) is 0.158. The highest BCUT2D eigenvalue weighted by molar-refractivity contribution is 5.79. The number of carbonyl (C=O) groups is 1. The maximum absolute atomic E-state index is 11.9. The minimum Gasteiger partial charge on any atom is -0.465 e. The molecule has 0 aromatic carbocycles. The fourth-order valence-electron chi connectivity index (χ4n) is 4.60. The zero-order valence-corrected chi connectivity index (χ0v) is 12.2. The molecular formula is C16H26O3. The van der Waals surface area contributed by atoms with E-state index in [9.17, 15) is 9.90 Å². The molecule has 0 aromatic heterocycles. The number of hydrogen-bond donors (Lipinski definition) is 1. The van der Waals surface area contributed by atoms with Gasteiger partial charge in [0.25, 0.3) is 0 Å². The number of carbonyl (C=O) groups excluding carboxylic acids is 1. The van der Waals surface area contributed by atoms with E-state index in [4.69, 9.17) is 4.74 Å². The van der Waals surface area contributed by atoms with Gasteiger partial charge in [-0.05, 0) is 44.4 Å². The van der Waals surface area contributed by atoms with Crippen LogP contribution in [0, 0.1) is 16.7 Å². The summed E-state index contributed by atoms with van der Waals surface area (Å²) in [5, 5.41) is 11.2. The number of ether oxygens (including phenoxy) is 1. The molecule has 3 heteroatoms. The Bertz CT molecular complexity index is 385. The standard InChI is InChI=1S/C16H26O3/c1-14(6-4-3-5-7-14)16(18)9-8-15(2)12(10-16)11-19-13(15)17/h12,18H,3-11H2,1-2H3/t12-,15-,16-/m1/s1. The summed E-state index contributed by atoms with van der Waals surface area (Å²) in [6.45, 7) is 4.79. The van der Waals surface area contributed by atoms with E-state index in [0.29, 0.717) is 6.61 Å². The molecule has 1 N–H and O–H groups in total. The zero-order chi connectivity index (χ0) is 13.7. The van der Waals surface area contributed by atoms with E-state index in [1.54, 1.807) is 0 Å². The van der Waals surface area contributed by atoms with Gasteiger partial charge in [-0.15, -0.1) is 0 Å². The molecule has 1 heterocycles. The Morgan fingerprint density at radius 2 is 1.79 bits per heavy atom. The molecule has 0 spiro atoms. The van der Waals surface area contributed by atoms with Crippen LogP contribution >= 0.6 is 0 Å². The van der Waals surface area contributed by atoms with Gasteiger partial charge >= 0.3 is 5.97 Å². The van der Waals surface area contributed by atoms with Gasteiger partial charge in [0.2, 0.25) is 0 Å². The molecule has 3 fully saturated rings. The molecule has 2 saturated carbocycles. The van der Waals surface area contributed by atoms with Crippen LogP contribution in [-0.2, 0) is 9.53 Å². The minimum atomic E-state index is -0.592. The summed E-state index contributed by atoms with van der Waals surface area (Å²) in [7, 11) is 0. The average molecular weight is 266 g/mol. The summed E-state index contributed by atoms with van der Waals surface area (Å²) in [6.07, 6.45) is 8.30.